The van der Waals surface area contributed by atoms with E-state index < -0.39 is 21.7 Å². The van der Waals surface area contributed by atoms with Gasteiger partial charge in [-0.15, -0.1) is 5.10 Å². The molecule has 0 unspecified atom stereocenters. The van der Waals surface area contributed by atoms with Crippen LogP contribution in [-0.2, 0) is 9.84 Å². The molecule has 2 aromatic carbocycles. The molecule has 3 heterocycles. The second-order valence-corrected chi connectivity index (χ2v) is 11.8. The average molecular weight is 539 g/mol. The van der Waals surface area contributed by atoms with Gasteiger partial charge in [0.25, 0.3) is 0 Å². The van der Waals surface area contributed by atoms with Gasteiger partial charge in [-0.1, -0.05) is 28.9 Å². The number of anilines is 2. The van der Waals surface area contributed by atoms with E-state index in [9.17, 15) is 19.4 Å². The highest BCUT2D eigenvalue weighted by Crippen LogP contribution is 2.37. The van der Waals surface area contributed by atoms with Crippen LogP contribution in [0.15, 0.2) is 48.8 Å². The Hall–Kier alpha value is -3.75. The Bertz CT molecular complexity index is 1710. The van der Waals surface area contributed by atoms with E-state index in [1.165, 1.54) is 30.5 Å². The van der Waals surface area contributed by atoms with E-state index in [1.54, 1.807) is 23.0 Å². The summed E-state index contributed by atoms with van der Waals surface area (Å²) in [7, 11) is -3.09. The molecule has 2 fully saturated rings. The number of rotatable bonds is 7. The Balaban J connectivity index is 1.45. The first-order valence-corrected chi connectivity index (χ1v) is 13.8. The van der Waals surface area contributed by atoms with E-state index in [2.05, 4.69) is 32.0 Å². The zero-order valence-corrected chi connectivity index (χ0v) is 20.9. The number of hydrogen-bond acceptors (Lipinski definition) is 8. The predicted molar refractivity (Wildman–Crippen MR) is 138 cm³/mol. The Morgan fingerprint density at radius 2 is 2.00 bits per heavy atom. The first kappa shape index (κ1) is 22.4. The minimum atomic E-state index is -3.09. The van der Waals surface area contributed by atoms with Crippen molar-refractivity contribution in [1.82, 2.24) is 20.0 Å². The van der Waals surface area contributed by atoms with Crippen molar-refractivity contribution in [2.45, 2.75) is 30.9 Å². The van der Waals surface area contributed by atoms with Crippen LogP contribution in [0.1, 0.15) is 43.1 Å². The maximum absolute atomic E-state index is 13.7. The Morgan fingerprint density at radius 1 is 1.24 bits per heavy atom. The number of aromatic nitrogens is 4. The number of benzene rings is 2. The molecule has 2 aliphatic rings. The molecule has 2 aromatic heterocycles. The predicted octanol–water partition coefficient (Wildman–Crippen LogP) is 4.24. The molecule has 6 rings (SSSR count). The van der Waals surface area contributed by atoms with Crippen LogP contribution in [0.25, 0.3) is 10.9 Å². The molecule has 2 N–H and O–H groups in total. The summed E-state index contributed by atoms with van der Waals surface area (Å²) in [5.41, 5.74) is 2.23. The van der Waals surface area contributed by atoms with E-state index in [1.807, 2.05) is 0 Å². The minimum Gasteiger partial charge on any atom is -0.379 e. The van der Waals surface area contributed by atoms with Gasteiger partial charge in [-0.3, -0.25) is 4.98 Å². The van der Waals surface area contributed by atoms with Gasteiger partial charge >= 0.3 is 0 Å². The molecule has 1 atom stereocenters. The fourth-order valence-electron chi connectivity index (χ4n) is 4.38. The highest BCUT2D eigenvalue weighted by Gasteiger charge is 2.34. The molecular formula is C25H21ClFN7O2S. The third-order valence-electron chi connectivity index (χ3n) is 6.39. The van der Waals surface area contributed by atoms with Gasteiger partial charge in [-0.05, 0) is 42.7 Å². The van der Waals surface area contributed by atoms with Gasteiger partial charge in [-0.2, -0.15) is 5.26 Å². The molecule has 1 saturated carbocycles. The maximum Gasteiger partial charge on any atom is 0.154 e. The molecule has 1 aliphatic heterocycles. The van der Waals surface area contributed by atoms with Gasteiger partial charge in [0.15, 0.2) is 9.84 Å². The molecule has 188 valence electrons. The van der Waals surface area contributed by atoms with Gasteiger partial charge < -0.3 is 10.6 Å². The molecule has 4 aromatic rings. The third kappa shape index (κ3) is 4.70. The molecule has 1 saturated heterocycles. The normalized spacial score (nSPS) is 18.9. The number of fused-ring (bicyclic) bond motifs is 1. The van der Waals surface area contributed by atoms with Crippen molar-refractivity contribution in [2.75, 3.05) is 22.1 Å². The summed E-state index contributed by atoms with van der Waals surface area (Å²) in [6.07, 6.45) is 5.08. The highest BCUT2D eigenvalue weighted by atomic mass is 35.5. The van der Waals surface area contributed by atoms with Crippen molar-refractivity contribution in [3.05, 3.63) is 76.5 Å². The fraction of sp³-hybridized carbons (Fsp3) is 0.280. The Kier molecular flexibility index (Phi) is 5.44. The number of sulfone groups is 1. The number of nitriles is 1. The van der Waals surface area contributed by atoms with Crippen molar-refractivity contribution >= 4 is 43.7 Å². The van der Waals surface area contributed by atoms with Gasteiger partial charge in [-0.25, -0.2) is 17.5 Å². The summed E-state index contributed by atoms with van der Waals surface area (Å²) in [4.78, 5) is 4.33. The first-order valence-electron chi connectivity index (χ1n) is 12.1. The summed E-state index contributed by atoms with van der Waals surface area (Å²) in [6.45, 7) is 0. The van der Waals surface area contributed by atoms with Crippen molar-refractivity contribution in [3.8, 4) is 6.07 Å². The topological polar surface area (TPSA) is 126 Å². The van der Waals surface area contributed by atoms with Crippen LogP contribution in [0.2, 0.25) is 5.02 Å². The molecule has 0 spiro atoms. The second kappa shape index (κ2) is 8.97. The SMILES string of the molecule is [2H][C@](Nc1cc(Cl)c2ncc(C#N)c(NC3CS(=O)(=O)C3)c2c1)(c1ccc(F)cc1)c1cn(C2CC2)nn1. The average Bonchev–Trinajstić information content (AvgIpc) is 3.59. The van der Waals surface area contributed by atoms with Crippen LogP contribution in [0.5, 0.6) is 0 Å². The molecule has 0 bridgehead atoms. The van der Waals surface area contributed by atoms with E-state index in [-0.39, 0.29) is 34.2 Å². The number of hydrogen-bond donors (Lipinski definition) is 2. The van der Waals surface area contributed by atoms with Crippen molar-refractivity contribution < 1.29 is 14.2 Å². The van der Waals surface area contributed by atoms with E-state index in [0.29, 0.717) is 33.5 Å². The Labute approximate surface area is 218 Å². The fourth-order valence-corrected chi connectivity index (χ4v) is 5.94. The maximum atomic E-state index is 13.7. The van der Waals surface area contributed by atoms with Crippen molar-refractivity contribution in [1.29, 1.82) is 5.26 Å². The molecule has 0 radical (unpaired) electrons. The Morgan fingerprint density at radius 3 is 2.68 bits per heavy atom. The molecule has 9 nitrogen and oxygen atoms in total. The van der Waals surface area contributed by atoms with E-state index in [4.69, 9.17) is 11.6 Å². The highest BCUT2D eigenvalue weighted by molar-refractivity contribution is 7.92. The summed E-state index contributed by atoms with van der Waals surface area (Å²) in [5.74, 6) is -0.509. The van der Waals surface area contributed by atoms with Crippen LogP contribution < -0.4 is 10.6 Å². The minimum absolute atomic E-state index is 0.0373. The summed E-state index contributed by atoms with van der Waals surface area (Å²) < 4.78 is 48.3. The smallest absolute Gasteiger partial charge is 0.154 e. The lowest BCUT2D eigenvalue weighted by Gasteiger charge is -2.28. The molecule has 37 heavy (non-hydrogen) atoms. The van der Waals surface area contributed by atoms with Gasteiger partial charge in [0.2, 0.25) is 0 Å². The first-order chi connectivity index (χ1) is 18.1. The lowest BCUT2D eigenvalue weighted by atomic mass is 10.0. The van der Waals surface area contributed by atoms with Crippen molar-refractivity contribution in [3.63, 3.8) is 0 Å². The number of nitrogens with zero attached hydrogens (tertiary/aromatic N) is 5. The number of pyridine rings is 1. The monoisotopic (exact) mass is 538 g/mol. The standard InChI is InChI=1S/C25H21ClFN7O2S/c26-21-8-17(7-20-23(15(9-28)10-29-25(20)21)31-18-12-37(35,36)13-18)30-24(14-1-3-16(27)4-2-14)22-11-34(33-32-22)19-5-6-19/h1-4,7-8,10-11,18-19,24,30H,5-6,12-13H2,(H,29,31)/t24-/m0/s1/i24D. The molecule has 1 aliphatic carbocycles. The van der Waals surface area contributed by atoms with Crippen LogP contribution in [0.4, 0.5) is 15.8 Å². The van der Waals surface area contributed by atoms with Crippen molar-refractivity contribution in [2.24, 2.45) is 0 Å². The van der Waals surface area contributed by atoms with E-state index in [0.717, 1.165) is 12.8 Å². The van der Waals surface area contributed by atoms with Gasteiger partial charge in [0.1, 0.15) is 17.6 Å². The zero-order valence-electron chi connectivity index (χ0n) is 20.3. The van der Waals surface area contributed by atoms with Gasteiger partial charge in [0, 0.05) is 17.3 Å². The zero-order chi connectivity index (χ0) is 26.7. The van der Waals surface area contributed by atoms with Crippen LogP contribution in [0, 0.1) is 17.1 Å². The number of halogens is 2. The molecular weight excluding hydrogens is 517 g/mol. The van der Waals surface area contributed by atoms with Crippen LogP contribution in [0.3, 0.4) is 0 Å². The lowest BCUT2D eigenvalue weighted by Crippen LogP contribution is -2.46. The molecule has 0 amide bonds. The second-order valence-electron chi connectivity index (χ2n) is 9.25. The third-order valence-corrected chi connectivity index (χ3v) is 8.50. The molecule has 12 heteroatoms. The summed E-state index contributed by atoms with van der Waals surface area (Å²) in [5, 5.41) is 25.3. The summed E-state index contributed by atoms with van der Waals surface area (Å²) in [6, 6.07) is 9.21. The van der Waals surface area contributed by atoms with Crippen LogP contribution in [-0.4, -0.2) is 45.9 Å². The van der Waals surface area contributed by atoms with Gasteiger partial charge in [0.05, 0.1) is 59.0 Å². The van der Waals surface area contributed by atoms with E-state index >= 15 is 0 Å². The lowest BCUT2D eigenvalue weighted by molar-refractivity contribution is 0.570. The quantitative estimate of drug-likeness (QED) is 0.358. The summed E-state index contributed by atoms with van der Waals surface area (Å²) >= 11 is 6.60. The largest absolute Gasteiger partial charge is 0.379 e. The number of nitrogens with one attached hydrogen (secondary N) is 2. The van der Waals surface area contributed by atoms with Crippen LogP contribution >= 0.6 is 11.6 Å².